The Morgan fingerprint density at radius 3 is 0.963 bits per heavy atom. The lowest BCUT2D eigenvalue weighted by Gasteiger charge is -2.28. The van der Waals surface area contributed by atoms with Crippen LogP contribution in [-0.2, 0) is 0 Å². The first-order valence-corrected chi connectivity index (χ1v) is 28.0. The van der Waals surface area contributed by atoms with Crippen molar-refractivity contribution in [1.82, 2.24) is 18.3 Å². The first-order chi connectivity index (χ1) is 39.1. The van der Waals surface area contributed by atoms with Gasteiger partial charge in [-0.3, -0.25) is 0 Å². The molecule has 15 rings (SSSR count). The summed E-state index contributed by atoms with van der Waals surface area (Å²) in [6.07, 6.45) is 0. The van der Waals surface area contributed by atoms with E-state index in [-0.39, 0.29) is 0 Å². The van der Waals surface area contributed by atoms with Gasteiger partial charge >= 0.3 is 0 Å². The highest BCUT2D eigenvalue weighted by Gasteiger charge is 2.37. The van der Waals surface area contributed by atoms with E-state index in [9.17, 15) is 10.5 Å². The average molecular weight is 1050 g/mol. The monoisotopic (exact) mass is 1050 g/mol. The second kappa shape index (κ2) is 16.9. The molecule has 0 amide bonds. The van der Waals surface area contributed by atoms with Gasteiger partial charge in [-0.05, 0) is 171 Å². The minimum absolute atomic E-state index is 0.419. The number of rotatable bonds is 4. The van der Waals surface area contributed by atoms with Crippen LogP contribution in [-0.4, -0.2) is 18.3 Å². The Morgan fingerprint density at radius 2 is 0.605 bits per heavy atom. The van der Waals surface area contributed by atoms with Gasteiger partial charge in [-0.25, -0.2) is 0 Å². The van der Waals surface area contributed by atoms with Gasteiger partial charge in [0.2, 0.25) is 0 Å². The standard InChI is InChI=1S/C74H58N6O/c1-37-23-43(7)63-53(29-37)54-30-38(2)24-44(8)64(54)78(63)70-60(36-76)72(80-67-47(11)27-41(5)33-57(67)58-34-42(6)28-48(12)68(58)80)71(79-65-45(9)25-39(3)31-55(65)56-32-40(4)26-46(10)66(56)79)59(35-75)69(70)77-61-19-15-13-17-49(61)51-21-22-52-50-18-14-16-20-62(50)81-74(52)73(51)77/h13-34H,1-12H3. The third kappa shape index (κ3) is 6.43. The fourth-order valence-corrected chi connectivity index (χ4v) is 15.0. The van der Waals surface area contributed by atoms with Gasteiger partial charge < -0.3 is 22.7 Å². The third-order valence-electron chi connectivity index (χ3n) is 17.6. The quantitative estimate of drug-likeness (QED) is 0.176. The summed E-state index contributed by atoms with van der Waals surface area (Å²) in [5, 5.41) is 36.8. The molecule has 0 aliphatic rings. The zero-order chi connectivity index (χ0) is 55.9. The number of para-hydroxylation sites is 2. The second-order valence-corrected chi connectivity index (χ2v) is 23.5. The van der Waals surface area contributed by atoms with Crippen molar-refractivity contribution in [2.24, 2.45) is 0 Å². The summed E-state index contributed by atoms with van der Waals surface area (Å²) in [6, 6.07) is 54.6. The first-order valence-electron chi connectivity index (χ1n) is 28.0. The minimum Gasteiger partial charge on any atom is -0.454 e. The van der Waals surface area contributed by atoms with Crippen LogP contribution < -0.4 is 0 Å². The molecule has 0 saturated heterocycles. The largest absolute Gasteiger partial charge is 0.454 e. The molecule has 0 unspecified atom stereocenters. The Labute approximate surface area is 469 Å². The number of hydrogen-bond donors (Lipinski definition) is 0. The van der Waals surface area contributed by atoms with Crippen LogP contribution in [0.15, 0.2) is 138 Å². The Morgan fingerprint density at radius 1 is 0.296 bits per heavy atom. The molecule has 0 fully saturated rings. The maximum Gasteiger partial charge on any atom is 0.160 e. The topological polar surface area (TPSA) is 80.4 Å². The molecule has 15 aromatic rings. The van der Waals surface area contributed by atoms with Crippen molar-refractivity contribution in [3.63, 3.8) is 0 Å². The van der Waals surface area contributed by atoms with Crippen LogP contribution in [0.4, 0.5) is 0 Å². The lowest BCUT2D eigenvalue weighted by atomic mass is 9.97. The van der Waals surface area contributed by atoms with Crippen molar-refractivity contribution in [2.75, 3.05) is 0 Å². The Balaban J connectivity index is 1.34. The van der Waals surface area contributed by atoms with E-state index in [0.29, 0.717) is 39.5 Å². The highest BCUT2D eigenvalue weighted by molar-refractivity contribution is 6.23. The molecule has 7 nitrogen and oxygen atoms in total. The number of benzene rings is 10. The SMILES string of the molecule is Cc1cc(C)c2c(c1)c1cc(C)cc(C)c1n2-c1c(C#N)c(-n2c3c(C)cc(C)cc3c3cc(C)cc(C)c32)c(-n2c3ccccc3c3ccc4c5ccccc5oc4c32)c(C#N)c1-n1c2c(C)cc(C)cc2c2cc(C)cc(C)c21. The molecule has 7 heteroatoms. The van der Waals surface area contributed by atoms with Gasteiger partial charge in [0.25, 0.3) is 0 Å². The molecule has 0 N–H and O–H groups in total. The normalized spacial score (nSPS) is 12.2. The predicted molar refractivity (Wildman–Crippen MR) is 337 cm³/mol. The van der Waals surface area contributed by atoms with Gasteiger partial charge in [-0.2, -0.15) is 10.5 Å². The maximum absolute atomic E-state index is 13.2. The molecule has 0 atom stereocenters. The summed E-state index contributed by atoms with van der Waals surface area (Å²) >= 11 is 0. The van der Waals surface area contributed by atoms with Crippen LogP contribution in [0.1, 0.15) is 77.9 Å². The van der Waals surface area contributed by atoms with Gasteiger partial charge in [-0.1, -0.05) is 112 Å². The van der Waals surface area contributed by atoms with Gasteiger partial charge in [0.15, 0.2) is 5.58 Å². The molecule has 5 heterocycles. The first kappa shape index (κ1) is 48.3. The number of aromatic nitrogens is 4. The number of aryl methyl sites for hydroxylation is 12. The average Bonchev–Trinajstić information content (AvgIpc) is 4.38. The summed E-state index contributed by atoms with van der Waals surface area (Å²) in [5.74, 6) is 0. The smallest absolute Gasteiger partial charge is 0.160 e. The summed E-state index contributed by atoms with van der Waals surface area (Å²) < 4.78 is 16.5. The van der Waals surface area contributed by atoms with E-state index >= 15 is 0 Å². The lowest BCUT2D eigenvalue weighted by molar-refractivity contribution is 0.671. The molecule has 10 aromatic carbocycles. The van der Waals surface area contributed by atoms with Crippen LogP contribution in [0.3, 0.4) is 0 Å². The molecule has 0 spiro atoms. The number of nitrogens with zero attached hydrogens (tertiary/aromatic N) is 6. The van der Waals surface area contributed by atoms with E-state index in [4.69, 9.17) is 4.42 Å². The molecule has 0 saturated carbocycles. The number of nitriles is 2. The molecule has 0 aliphatic carbocycles. The van der Waals surface area contributed by atoms with Crippen LogP contribution in [0, 0.1) is 106 Å². The van der Waals surface area contributed by atoms with E-state index in [1.54, 1.807) is 0 Å². The zero-order valence-corrected chi connectivity index (χ0v) is 47.8. The van der Waals surface area contributed by atoms with E-state index in [0.717, 1.165) is 170 Å². The maximum atomic E-state index is 13.2. The van der Waals surface area contributed by atoms with Crippen LogP contribution in [0.5, 0.6) is 0 Å². The molecule has 0 radical (unpaired) electrons. The van der Waals surface area contributed by atoms with Gasteiger partial charge in [0, 0.05) is 53.9 Å². The minimum atomic E-state index is 0.419. The summed E-state index contributed by atoms with van der Waals surface area (Å²) in [7, 11) is 0. The molecule has 0 aliphatic heterocycles. The molecule has 0 bridgehead atoms. The highest BCUT2D eigenvalue weighted by Crippen LogP contribution is 2.52. The Hall–Kier alpha value is -9.82. The summed E-state index contributed by atoms with van der Waals surface area (Å²) in [6.45, 7) is 26.1. The fourth-order valence-electron chi connectivity index (χ4n) is 15.0. The van der Waals surface area contributed by atoms with Crippen LogP contribution in [0.2, 0.25) is 0 Å². The molecule has 390 valence electrons. The number of fused-ring (bicyclic) bond motifs is 16. The Bertz CT molecular complexity index is 5310. The summed E-state index contributed by atoms with van der Waals surface area (Å²) in [5.41, 5.74) is 25.7. The van der Waals surface area contributed by atoms with Crippen molar-refractivity contribution < 1.29 is 4.42 Å². The van der Waals surface area contributed by atoms with E-state index in [1.165, 1.54) is 0 Å². The molecule has 81 heavy (non-hydrogen) atoms. The van der Waals surface area contributed by atoms with E-state index in [1.807, 2.05) is 12.1 Å². The van der Waals surface area contributed by atoms with E-state index in [2.05, 4.69) is 235 Å². The van der Waals surface area contributed by atoms with Gasteiger partial charge in [0.1, 0.15) is 28.8 Å². The molecular weight excluding hydrogens is 989 g/mol. The van der Waals surface area contributed by atoms with Gasteiger partial charge in [-0.15, -0.1) is 0 Å². The predicted octanol–water partition coefficient (Wildman–Crippen LogP) is 19.4. The van der Waals surface area contributed by atoms with Crippen molar-refractivity contribution >= 4 is 109 Å². The zero-order valence-electron chi connectivity index (χ0n) is 47.8. The van der Waals surface area contributed by atoms with Gasteiger partial charge in [0.05, 0.1) is 66.9 Å². The van der Waals surface area contributed by atoms with Crippen molar-refractivity contribution in [2.45, 2.75) is 83.1 Å². The number of hydrogen-bond acceptors (Lipinski definition) is 3. The Kier molecular flexibility index (Phi) is 10.1. The van der Waals surface area contributed by atoms with E-state index < -0.39 is 0 Å². The van der Waals surface area contributed by atoms with Crippen molar-refractivity contribution in [1.29, 1.82) is 10.5 Å². The third-order valence-corrected chi connectivity index (χ3v) is 17.6. The van der Waals surface area contributed by atoms with Crippen molar-refractivity contribution in [3.05, 3.63) is 211 Å². The van der Waals surface area contributed by atoms with Crippen LogP contribution in [0.25, 0.3) is 132 Å². The number of furan rings is 1. The fraction of sp³-hybridized carbons (Fsp3) is 0.162. The summed E-state index contributed by atoms with van der Waals surface area (Å²) in [4.78, 5) is 0. The highest BCUT2D eigenvalue weighted by atomic mass is 16.3. The second-order valence-electron chi connectivity index (χ2n) is 23.5. The lowest BCUT2D eigenvalue weighted by Crippen LogP contribution is -2.17. The van der Waals surface area contributed by atoms with Crippen molar-refractivity contribution in [3.8, 4) is 34.9 Å². The van der Waals surface area contributed by atoms with Crippen LogP contribution >= 0.6 is 0 Å². The molecule has 5 aromatic heterocycles. The molecular formula is C74H58N6O.